The molecule has 3 aromatic rings. The van der Waals surface area contributed by atoms with Gasteiger partial charge in [0.05, 0.1) is 22.3 Å². The van der Waals surface area contributed by atoms with Crippen LogP contribution >= 0.6 is 11.3 Å². The maximum absolute atomic E-state index is 12.9. The highest BCUT2D eigenvalue weighted by Gasteiger charge is 2.29. The molecule has 116 valence electrons. The standard InChI is InChI=1S/C18H17N3OS/c1-21(14-9-12-5-2-3-6-13(12)10-14)18(22)15-11-19-20-17(15)16-7-4-8-23-16/h2-8,11,14H,9-10H2,1H3,(H,19,20). The minimum absolute atomic E-state index is 0.0277. The highest BCUT2D eigenvalue weighted by atomic mass is 32.1. The van der Waals surface area contributed by atoms with Crippen molar-refractivity contribution in [2.24, 2.45) is 0 Å². The fraction of sp³-hybridized carbons (Fsp3) is 0.222. The number of fused-ring (bicyclic) bond motifs is 1. The van der Waals surface area contributed by atoms with E-state index >= 15 is 0 Å². The Morgan fingerprint density at radius 2 is 1.96 bits per heavy atom. The fourth-order valence-electron chi connectivity index (χ4n) is 3.22. The van der Waals surface area contributed by atoms with Crippen LogP contribution in [0.3, 0.4) is 0 Å². The van der Waals surface area contributed by atoms with Crippen molar-refractivity contribution < 1.29 is 4.79 Å². The third kappa shape index (κ3) is 2.47. The van der Waals surface area contributed by atoms with E-state index < -0.39 is 0 Å². The molecule has 4 rings (SSSR count). The lowest BCUT2D eigenvalue weighted by Crippen LogP contribution is -2.37. The quantitative estimate of drug-likeness (QED) is 0.803. The number of H-pyrrole nitrogens is 1. The van der Waals surface area contributed by atoms with Gasteiger partial charge in [0.1, 0.15) is 0 Å². The molecule has 0 unspecified atom stereocenters. The van der Waals surface area contributed by atoms with Crippen LogP contribution < -0.4 is 0 Å². The summed E-state index contributed by atoms with van der Waals surface area (Å²) in [6.45, 7) is 0. The van der Waals surface area contributed by atoms with Crippen LogP contribution in [-0.4, -0.2) is 34.1 Å². The van der Waals surface area contributed by atoms with Gasteiger partial charge in [0, 0.05) is 13.1 Å². The molecule has 4 nitrogen and oxygen atoms in total. The summed E-state index contributed by atoms with van der Waals surface area (Å²) in [7, 11) is 1.89. The van der Waals surface area contributed by atoms with Gasteiger partial charge in [-0.15, -0.1) is 11.3 Å². The summed E-state index contributed by atoms with van der Waals surface area (Å²) in [6.07, 6.45) is 3.48. The molecule has 1 amide bonds. The molecule has 0 bridgehead atoms. The van der Waals surface area contributed by atoms with E-state index in [1.807, 2.05) is 29.5 Å². The van der Waals surface area contributed by atoms with E-state index in [9.17, 15) is 4.79 Å². The van der Waals surface area contributed by atoms with Gasteiger partial charge < -0.3 is 4.90 Å². The lowest BCUT2D eigenvalue weighted by Gasteiger charge is -2.24. The Balaban J connectivity index is 1.58. The summed E-state index contributed by atoms with van der Waals surface area (Å²) in [5, 5.41) is 9.05. The van der Waals surface area contributed by atoms with Gasteiger partial charge in [-0.05, 0) is 35.4 Å². The number of carbonyl (C=O) groups excluding carboxylic acids is 1. The van der Waals surface area contributed by atoms with Crippen molar-refractivity contribution in [1.82, 2.24) is 15.1 Å². The van der Waals surface area contributed by atoms with Crippen molar-refractivity contribution in [3.8, 4) is 10.6 Å². The number of aromatic amines is 1. The Hall–Kier alpha value is -2.40. The molecule has 0 aliphatic heterocycles. The zero-order chi connectivity index (χ0) is 15.8. The number of nitrogens with zero attached hydrogens (tertiary/aromatic N) is 2. The van der Waals surface area contributed by atoms with Crippen LogP contribution in [0.5, 0.6) is 0 Å². The summed E-state index contributed by atoms with van der Waals surface area (Å²) in [5.41, 5.74) is 4.16. The summed E-state index contributed by atoms with van der Waals surface area (Å²) >= 11 is 1.60. The van der Waals surface area contributed by atoms with Crippen molar-refractivity contribution >= 4 is 17.2 Å². The molecule has 5 heteroatoms. The predicted molar refractivity (Wildman–Crippen MR) is 91.6 cm³/mol. The van der Waals surface area contributed by atoms with Gasteiger partial charge in [-0.25, -0.2) is 0 Å². The molecule has 0 atom stereocenters. The molecule has 2 heterocycles. The number of aromatic nitrogens is 2. The SMILES string of the molecule is CN(C(=O)c1cn[nH]c1-c1cccs1)C1Cc2ccccc2C1. The largest absolute Gasteiger partial charge is 0.338 e. The molecule has 0 saturated heterocycles. The molecule has 23 heavy (non-hydrogen) atoms. The van der Waals surface area contributed by atoms with E-state index in [2.05, 4.69) is 34.5 Å². The maximum atomic E-state index is 12.9. The fourth-order valence-corrected chi connectivity index (χ4v) is 3.96. The number of hydrogen-bond acceptors (Lipinski definition) is 3. The monoisotopic (exact) mass is 323 g/mol. The molecule has 0 saturated carbocycles. The molecule has 1 aromatic carbocycles. The van der Waals surface area contributed by atoms with Crippen molar-refractivity contribution in [1.29, 1.82) is 0 Å². The second-order valence-electron chi connectivity index (χ2n) is 5.88. The van der Waals surface area contributed by atoms with Gasteiger partial charge in [0.25, 0.3) is 5.91 Å². The van der Waals surface area contributed by atoms with E-state index in [1.54, 1.807) is 17.5 Å². The topological polar surface area (TPSA) is 49.0 Å². The van der Waals surface area contributed by atoms with Crippen LogP contribution in [-0.2, 0) is 12.8 Å². The number of rotatable bonds is 3. The number of nitrogens with one attached hydrogen (secondary N) is 1. The van der Waals surface area contributed by atoms with E-state index in [0.717, 1.165) is 23.4 Å². The van der Waals surface area contributed by atoms with Crippen molar-refractivity contribution in [2.45, 2.75) is 18.9 Å². The highest BCUT2D eigenvalue weighted by Crippen LogP contribution is 2.29. The number of likely N-dealkylation sites (N-methyl/N-ethyl adjacent to an activating group) is 1. The van der Waals surface area contributed by atoms with E-state index in [4.69, 9.17) is 0 Å². The lowest BCUT2D eigenvalue weighted by molar-refractivity contribution is 0.0738. The molecule has 0 radical (unpaired) electrons. The van der Waals surface area contributed by atoms with Gasteiger partial charge in [0.15, 0.2) is 0 Å². The molecule has 1 aliphatic rings. The smallest absolute Gasteiger partial charge is 0.257 e. The number of carbonyl (C=O) groups is 1. The van der Waals surface area contributed by atoms with Gasteiger partial charge in [0.2, 0.25) is 0 Å². The Kier molecular flexibility index (Phi) is 3.50. The number of benzene rings is 1. The molecule has 0 fully saturated rings. The summed E-state index contributed by atoms with van der Waals surface area (Å²) in [6, 6.07) is 12.6. The third-order valence-electron chi connectivity index (χ3n) is 4.53. The zero-order valence-corrected chi connectivity index (χ0v) is 13.6. The lowest BCUT2D eigenvalue weighted by atomic mass is 10.1. The van der Waals surface area contributed by atoms with Gasteiger partial charge >= 0.3 is 0 Å². The Bertz CT molecular complexity index is 813. The van der Waals surface area contributed by atoms with E-state index in [0.29, 0.717) is 5.56 Å². The van der Waals surface area contributed by atoms with Crippen LogP contribution in [0.15, 0.2) is 48.0 Å². The van der Waals surface area contributed by atoms with Crippen LogP contribution in [0.2, 0.25) is 0 Å². The normalized spacial score (nSPS) is 14.0. The first kappa shape index (κ1) is 14.2. The van der Waals surface area contributed by atoms with Crippen molar-refractivity contribution in [3.63, 3.8) is 0 Å². The Morgan fingerprint density at radius 1 is 1.22 bits per heavy atom. The van der Waals surface area contributed by atoms with Gasteiger partial charge in [-0.2, -0.15) is 5.10 Å². The van der Waals surface area contributed by atoms with E-state index in [-0.39, 0.29) is 11.9 Å². The first-order chi connectivity index (χ1) is 11.2. The molecule has 1 N–H and O–H groups in total. The Labute approximate surface area is 138 Å². The summed E-state index contributed by atoms with van der Waals surface area (Å²) < 4.78 is 0. The average Bonchev–Trinajstić information content (AvgIpc) is 3.31. The highest BCUT2D eigenvalue weighted by molar-refractivity contribution is 7.13. The Morgan fingerprint density at radius 3 is 2.61 bits per heavy atom. The van der Waals surface area contributed by atoms with Gasteiger partial charge in [-0.3, -0.25) is 9.89 Å². The van der Waals surface area contributed by atoms with Crippen LogP contribution in [0.1, 0.15) is 21.5 Å². The molecular formula is C18H17N3OS. The van der Waals surface area contributed by atoms with Crippen LogP contribution in [0.4, 0.5) is 0 Å². The maximum Gasteiger partial charge on any atom is 0.257 e. The summed E-state index contributed by atoms with van der Waals surface area (Å²) in [5.74, 6) is 0.0277. The van der Waals surface area contributed by atoms with E-state index in [1.165, 1.54) is 11.1 Å². The van der Waals surface area contributed by atoms with Gasteiger partial charge in [-0.1, -0.05) is 30.3 Å². The predicted octanol–water partition coefficient (Wildman–Crippen LogP) is 3.38. The molecular weight excluding hydrogens is 306 g/mol. The molecule has 0 spiro atoms. The first-order valence-electron chi connectivity index (χ1n) is 7.65. The average molecular weight is 323 g/mol. The van der Waals surface area contributed by atoms with Crippen LogP contribution in [0, 0.1) is 0 Å². The number of thiophene rings is 1. The minimum Gasteiger partial charge on any atom is -0.338 e. The molecule has 1 aliphatic carbocycles. The van der Waals surface area contributed by atoms with Crippen LogP contribution in [0.25, 0.3) is 10.6 Å². The number of amides is 1. The summed E-state index contributed by atoms with van der Waals surface area (Å²) in [4.78, 5) is 15.8. The second-order valence-corrected chi connectivity index (χ2v) is 6.83. The van der Waals surface area contributed by atoms with Crippen molar-refractivity contribution in [3.05, 3.63) is 64.7 Å². The zero-order valence-electron chi connectivity index (χ0n) is 12.8. The van der Waals surface area contributed by atoms with Crippen molar-refractivity contribution in [2.75, 3.05) is 7.05 Å². The number of hydrogen-bond donors (Lipinski definition) is 1. The first-order valence-corrected chi connectivity index (χ1v) is 8.53. The minimum atomic E-state index is 0.0277. The second kappa shape index (κ2) is 5.66. The molecule has 2 aromatic heterocycles. The third-order valence-corrected chi connectivity index (χ3v) is 5.42.